The summed E-state index contributed by atoms with van der Waals surface area (Å²) in [5, 5.41) is 0. The van der Waals surface area contributed by atoms with Crippen LogP contribution in [-0.4, -0.2) is 0 Å². The zero-order chi connectivity index (χ0) is 41.7. The Morgan fingerprint density at radius 2 is 0.355 bits per heavy atom. The van der Waals surface area contributed by atoms with E-state index in [-0.39, 0.29) is 0 Å². The van der Waals surface area contributed by atoms with Gasteiger partial charge in [-0.1, -0.05) is 201 Å². The third kappa shape index (κ3) is 8.23. The number of hydrogen-bond acceptors (Lipinski definition) is 0. The van der Waals surface area contributed by atoms with E-state index < -0.39 is 0 Å². The zero-order valence-corrected chi connectivity index (χ0v) is 34.5. The Bertz CT molecular complexity index is 2740. The lowest BCUT2D eigenvalue weighted by Crippen LogP contribution is -1.93. The fourth-order valence-corrected chi connectivity index (χ4v) is 8.47. The molecule has 0 spiro atoms. The van der Waals surface area contributed by atoms with Crippen LogP contribution in [0.25, 0.3) is 94.6 Å². The molecule has 0 saturated carbocycles. The maximum Gasteiger partial charge on any atom is -0.0171 e. The molecule has 0 radical (unpaired) electrons. The monoisotopic (exact) mass is 788 g/mol. The Hall–Kier alpha value is -8.06. The van der Waals surface area contributed by atoms with Crippen molar-refractivity contribution in [1.29, 1.82) is 0 Å². The molecule has 0 aliphatic heterocycles. The van der Waals surface area contributed by atoms with E-state index >= 15 is 0 Å². The van der Waals surface area contributed by atoms with Crippen molar-refractivity contribution in [3.05, 3.63) is 272 Å². The molecule has 0 nitrogen and oxygen atoms in total. The summed E-state index contributed by atoms with van der Waals surface area (Å²) in [5.74, 6) is 0. The summed E-state index contributed by atoms with van der Waals surface area (Å²) in [4.78, 5) is 0. The Kier molecular flexibility index (Phi) is 10.6. The molecule has 0 saturated heterocycles. The summed E-state index contributed by atoms with van der Waals surface area (Å²) in [7, 11) is 0. The van der Waals surface area contributed by atoms with Gasteiger partial charge in [-0.3, -0.25) is 0 Å². The van der Waals surface area contributed by atoms with Gasteiger partial charge in [0.1, 0.15) is 0 Å². The molecule has 10 rings (SSSR count). The molecular formula is C62H44. The molecular weight excluding hydrogens is 745 g/mol. The molecule has 0 aliphatic carbocycles. The standard InChI is InChI=1S/C62H44/c1-44(57-38-59(53-30-14-26-49(34-53)45-18-6-2-7-19-45)42-60(39-57)54-31-15-27-50(35-54)46-20-8-3-9-21-46)58-40-61(55-32-16-28-51(36-55)47-22-10-4-11-23-47)43-62(41-58)56-33-17-29-52(37-56)48-24-12-5-13-25-48/h2-43H,1H2. The number of rotatable bonds is 10. The van der Waals surface area contributed by atoms with Crippen molar-refractivity contribution in [3.8, 4) is 89.0 Å². The normalized spacial score (nSPS) is 11.0. The van der Waals surface area contributed by atoms with E-state index in [1.54, 1.807) is 0 Å². The van der Waals surface area contributed by atoms with Gasteiger partial charge in [0, 0.05) is 0 Å². The van der Waals surface area contributed by atoms with Crippen LogP contribution in [-0.2, 0) is 0 Å². The first-order valence-electron chi connectivity index (χ1n) is 21.2. The van der Waals surface area contributed by atoms with Crippen molar-refractivity contribution in [3.63, 3.8) is 0 Å². The van der Waals surface area contributed by atoms with E-state index in [0.29, 0.717) is 0 Å². The average molecular weight is 789 g/mol. The largest absolute Gasteiger partial charge is 0.0906 e. The minimum absolute atomic E-state index is 0.966. The second-order valence-corrected chi connectivity index (χ2v) is 15.9. The van der Waals surface area contributed by atoms with Crippen LogP contribution >= 0.6 is 0 Å². The maximum absolute atomic E-state index is 4.89. The Labute approximate surface area is 365 Å². The van der Waals surface area contributed by atoms with E-state index in [1.165, 1.54) is 44.5 Å². The van der Waals surface area contributed by atoms with Crippen LogP contribution in [0.2, 0.25) is 0 Å². The van der Waals surface area contributed by atoms with Crippen LogP contribution in [0.3, 0.4) is 0 Å². The Morgan fingerprint density at radius 3 is 0.581 bits per heavy atom. The van der Waals surface area contributed by atoms with Crippen LogP contribution < -0.4 is 0 Å². The minimum Gasteiger partial charge on any atom is -0.0906 e. The fourth-order valence-electron chi connectivity index (χ4n) is 8.47. The van der Waals surface area contributed by atoms with Gasteiger partial charge in [-0.05, 0) is 166 Å². The van der Waals surface area contributed by atoms with Crippen molar-refractivity contribution < 1.29 is 0 Å². The predicted molar refractivity (Wildman–Crippen MR) is 265 cm³/mol. The molecule has 0 aromatic heterocycles. The summed E-state index contributed by atoms with van der Waals surface area (Å²) >= 11 is 0. The second-order valence-electron chi connectivity index (χ2n) is 15.9. The topological polar surface area (TPSA) is 0 Å². The third-order valence-corrected chi connectivity index (χ3v) is 11.8. The zero-order valence-electron chi connectivity index (χ0n) is 34.5. The highest BCUT2D eigenvalue weighted by Gasteiger charge is 2.15. The van der Waals surface area contributed by atoms with Crippen molar-refractivity contribution in [1.82, 2.24) is 0 Å². The molecule has 0 aliphatic rings. The van der Waals surface area contributed by atoms with Gasteiger partial charge in [0.05, 0.1) is 0 Å². The third-order valence-electron chi connectivity index (χ3n) is 11.8. The van der Waals surface area contributed by atoms with Crippen LogP contribution in [0.15, 0.2) is 261 Å². The summed E-state index contributed by atoms with van der Waals surface area (Å²) in [6.07, 6.45) is 0. The van der Waals surface area contributed by atoms with Crippen LogP contribution in [0, 0.1) is 0 Å². The summed E-state index contributed by atoms with van der Waals surface area (Å²) < 4.78 is 0. The molecule has 0 N–H and O–H groups in total. The van der Waals surface area contributed by atoms with Gasteiger partial charge < -0.3 is 0 Å². The van der Waals surface area contributed by atoms with E-state index in [9.17, 15) is 0 Å². The predicted octanol–water partition coefficient (Wildman–Crippen LogP) is 17.1. The summed E-state index contributed by atoms with van der Waals surface area (Å²) in [5.41, 5.74) is 21.9. The molecule has 292 valence electrons. The maximum atomic E-state index is 4.89. The smallest absolute Gasteiger partial charge is 0.0171 e. The molecule has 0 bridgehead atoms. The molecule has 0 heterocycles. The van der Waals surface area contributed by atoms with E-state index in [1.807, 2.05) is 0 Å². The molecule has 10 aromatic rings. The van der Waals surface area contributed by atoms with E-state index in [0.717, 1.165) is 61.2 Å². The van der Waals surface area contributed by atoms with Gasteiger partial charge in [-0.15, -0.1) is 0 Å². The Balaban J connectivity index is 1.13. The highest BCUT2D eigenvalue weighted by molar-refractivity contribution is 5.90. The number of benzene rings is 10. The molecule has 0 fully saturated rings. The van der Waals surface area contributed by atoms with Crippen molar-refractivity contribution in [2.45, 2.75) is 0 Å². The van der Waals surface area contributed by atoms with Crippen LogP contribution in [0.1, 0.15) is 11.1 Å². The minimum atomic E-state index is 0.966. The Morgan fingerprint density at radius 1 is 0.177 bits per heavy atom. The van der Waals surface area contributed by atoms with Crippen molar-refractivity contribution in [2.75, 3.05) is 0 Å². The first-order valence-corrected chi connectivity index (χ1v) is 21.2. The van der Waals surface area contributed by atoms with E-state index in [4.69, 9.17) is 6.58 Å². The second kappa shape index (κ2) is 17.3. The van der Waals surface area contributed by atoms with Crippen molar-refractivity contribution in [2.24, 2.45) is 0 Å². The quantitative estimate of drug-likeness (QED) is 0.129. The van der Waals surface area contributed by atoms with Gasteiger partial charge in [0.2, 0.25) is 0 Å². The van der Waals surface area contributed by atoms with Gasteiger partial charge >= 0.3 is 0 Å². The van der Waals surface area contributed by atoms with Crippen LogP contribution in [0.4, 0.5) is 0 Å². The summed E-state index contributed by atoms with van der Waals surface area (Å²) in [6, 6.07) is 91.9. The molecule has 0 atom stereocenters. The highest BCUT2D eigenvalue weighted by Crippen LogP contribution is 2.39. The lowest BCUT2D eigenvalue weighted by Gasteiger charge is -2.17. The first kappa shape index (κ1) is 38.2. The molecule has 0 amide bonds. The fraction of sp³-hybridized carbons (Fsp3) is 0. The van der Waals surface area contributed by atoms with Gasteiger partial charge in [0.15, 0.2) is 0 Å². The number of hydrogen-bond donors (Lipinski definition) is 0. The lowest BCUT2D eigenvalue weighted by atomic mass is 9.87. The highest BCUT2D eigenvalue weighted by atomic mass is 14.2. The van der Waals surface area contributed by atoms with E-state index in [2.05, 4.69) is 255 Å². The molecule has 62 heavy (non-hydrogen) atoms. The first-order chi connectivity index (χ1) is 30.6. The van der Waals surface area contributed by atoms with Crippen LogP contribution in [0.5, 0.6) is 0 Å². The molecule has 0 unspecified atom stereocenters. The van der Waals surface area contributed by atoms with Gasteiger partial charge in [-0.2, -0.15) is 0 Å². The lowest BCUT2D eigenvalue weighted by molar-refractivity contribution is 1.51. The molecule has 10 aromatic carbocycles. The average Bonchev–Trinajstić information content (AvgIpc) is 3.37. The van der Waals surface area contributed by atoms with Crippen molar-refractivity contribution >= 4 is 5.57 Å². The van der Waals surface area contributed by atoms with Gasteiger partial charge in [0.25, 0.3) is 0 Å². The summed E-state index contributed by atoms with van der Waals surface area (Å²) in [6.45, 7) is 4.89. The molecule has 0 heteroatoms. The van der Waals surface area contributed by atoms with Gasteiger partial charge in [-0.25, -0.2) is 0 Å². The SMILES string of the molecule is C=C(c1cc(-c2cccc(-c3ccccc3)c2)cc(-c2cccc(-c3ccccc3)c2)c1)c1cc(-c2cccc(-c3ccccc3)c2)cc(-c2cccc(-c3ccccc3)c2)c1.